The van der Waals surface area contributed by atoms with Crippen LogP contribution in [0.2, 0.25) is 5.02 Å². The molecule has 0 fully saturated rings. The SMILES string of the molecule is CCOC(C(C)C)C(O)Cc1cccc(Cl)c1. The van der Waals surface area contributed by atoms with Gasteiger partial charge in [0.1, 0.15) is 0 Å². The average Bonchev–Trinajstić information content (AvgIpc) is 2.25. The Morgan fingerprint density at radius 2 is 2.06 bits per heavy atom. The normalized spacial score (nSPS) is 14.9. The van der Waals surface area contributed by atoms with Crippen molar-refractivity contribution in [3.63, 3.8) is 0 Å². The summed E-state index contributed by atoms with van der Waals surface area (Å²) >= 11 is 5.92. The van der Waals surface area contributed by atoms with Gasteiger partial charge in [-0.15, -0.1) is 0 Å². The van der Waals surface area contributed by atoms with Crippen LogP contribution in [0.15, 0.2) is 24.3 Å². The summed E-state index contributed by atoms with van der Waals surface area (Å²) in [6, 6.07) is 7.59. The second kappa shape index (κ2) is 7.00. The van der Waals surface area contributed by atoms with Crippen LogP contribution in [0, 0.1) is 5.92 Å². The van der Waals surface area contributed by atoms with Gasteiger partial charge < -0.3 is 9.84 Å². The predicted octanol–water partition coefficient (Wildman–Crippen LogP) is 3.30. The molecule has 2 nitrogen and oxygen atoms in total. The van der Waals surface area contributed by atoms with Gasteiger partial charge in [0.05, 0.1) is 12.2 Å². The van der Waals surface area contributed by atoms with Crippen molar-refractivity contribution in [1.29, 1.82) is 0 Å². The maximum atomic E-state index is 10.2. The number of hydrogen-bond acceptors (Lipinski definition) is 2. The first kappa shape index (κ1) is 14.5. The second-order valence-corrected chi connectivity index (χ2v) is 5.00. The molecule has 0 saturated heterocycles. The fourth-order valence-electron chi connectivity index (χ4n) is 1.96. The Kier molecular flexibility index (Phi) is 5.96. The van der Waals surface area contributed by atoms with Crippen molar-refractivity contribution in [2.24, 2.45) is 5.92 Å². The molecule has 1 aromatic carbocycles. The lowest BCUT2D eigenvalue weighted by atomic mass is 9.96. The highest BCUT2D eigenvalue weighted by atomic mass is 35.5. The van der Waals surface area contributed by atoms with Crippen LogP contribution in [-0.2, 0) is 11.2 Å². The molecular formula is C14H21ClO2. The molecule has 2 unspecified atom stereocenters. The minimum Gasteiger partial charge on any atom is -0.390 e. The van der Waals surface area contributed by atoms with E-state index in [1.807, 2.05) is 31.2 Å². The van der Waals surface area contributed by atoms with E-state index in [1.165, 1.54) is 0 Å². The van der Waals surface area contributed by atoms with Crippen LogP contribution in [0.4, 0.5) is 0 Å². The van der Waals surface area contributed by atoms with Gasteiger partial charge in [-0.05, 0) is 30.5 Å². The topological polar surface area (TPSA) is 29.5 Å². The van der Waals surface area contributed by atoms with Crippen molar-refractivity contribution < 1.29 is 9.84 Å². The molecule has 0 amide bonds. The first-order valence-corrected chi connectivity index (χ1v) is 6.46. The summed E-state index contributed by atoms with van der Waals surface area (Å²) in [5.74, 6) is 0.295. The Morgan fingerprint density at radius 3 is 2.59 bits per heavy atom. The fourth-order valence-corrected chi connectivity index (χ4v) is 2.17. The molecule has 0 aliphatic carbocycles. The summed E-state index contributed by atoms with van der Waals surface area (Å²) in [7, 11) is 0. The van der Waals surface area contributed by atoms with Gasteiger partial charge in [-0.3, -0.25) is 0 Å². The van der Waals surface area contributed by atoms with Gasteiger partial charge in [-0.2, -0.15) is 0 Å². The number of rotatable bonds is 6. The van der Waals surface area contributed by atoms with Crippen LogP contribution in [0.5, 0.6) is 0 Å². The van der Waals surface area contributed by atoms with Crippen molar-refractivity contribution in [1.82, 2.24) is 0 Å². The van der Waals surface area contributed by atoms with Gasteiger partial charge in [0, 0.05) is 18.1 Å². The highest BCUT2D eigenvalue weighted by Gasteiger charge is 2.23. The number of halogens is 1. The molecule has 0 aliphatic rings. The van der Waals surface area contributed by atoms with E-state index in [4.69, 9.17) is 16.3 Å². The molecule has 0 saturated carbocycles. The molecule has 0 spiro atoms. The van der Waals surface area contributed by atoms with Crippen LogP contribution in [0.25, 0.3) is 0 Å². The lowest BCUT2D eigenvalue weighted by molar-refractivity contribution is -0.0562. The standard InChI is InChI=1S/C14H21ClO2/c1-4-17-14(10(2)3)13(16)9-11-6-5-7-12(15)8-11/h5-8,10,13-14,16H,4,9H2,1-3H3. The largest absolute Gasteiger partial charge is 0.390 e. The van der Waals surface area contributed by atoms with Gasteiger partial charge >= 0.3 is 0 Å². The number of benzene rings is 1. The molecule has 17 heavy (non-hydrogen) atoms. The third-order valence-electron chi connectivity index (χ3n) is 2.73. The summed E-state index contributed by atoms with van der Waals surface area (Å²) < 4.78 is 5.58. The van der Waals surface area contributed by atoms with E-state index in [-0.39, 0.29) is 6.10 Å². The quantitative estimate of drug-likeness (QED) is 0.846. The Labute approximate surface area is 109 Å². The van der Waals surface area contributed by atoms with E-state index in [0.29, 0.717) is 24.0 Å². The van der Waals surface area contributed by atoms with Crippen molar-refractivity contribution in [3.8, 4) is 0 Å². The predicted molar refractivity (Wildman–Crippen MR) is 71.4 cm³/mol. The van der Waals surface area contributed by atoms with Crippen LogP contribution < -0.4 is 0 Å². The number of aliphatic hydroxyl groups excluding tert-OH is 1. The molecule has 3 heteroatoms. The van der Waals surface area contributed by atoms with Crippen molar-refractivity contribution >= 4 is 11.6 Å². The van der Waals surface area contributed by atoms with Crippen LogP contribution in [0.3, 0.4) is 0 Å². The molecule has 1 aromatic rings. The molecular weight excluding hydrogens is 236 g/mol. The molecule has 0 aliphatic heterocycles. The molecule has 0 radical (unpaired) electrons. The zero-order valence-corrected chi connectivity index (χ0v) is 11.4. The van der Waals surface area contributed by atoms with E-state index in [9.17, 15) is 5.11 Å². The van der Waals surface area contributed by atoms with Crippen molar-refractivity contribution in [2.75, 3.05) is 6.61 Å². The second-order valence-electron chi connectivity index (χ2n) is 4.57. The van der Waals surface area contributed by atoms with E-state index in [0.717, 1.165) is 5.56 Å². The molecule has 0 bridgehead atoms. The smallest absolute Gasteiger partial charge is 0.0859 e. The number of aliphatic hydroxyl groups is 1. The summed E-state index contributed by atoms with van der Waals surface area (Å²) in [6.45, 7) is 6.68. The van der Waals surface area contributed by atoms with Crippen LogP contribution >= 0.6 is 11.6 Å². The average molecular weight is 257 g/mol. The number of ether oxygens (including phenoxy) is 1. The van der Waals surface area contributed by atoms with E-state index in [1.54, 1.807) is 0 Å². The molecule has 1 N–H and O–H groups in total. The third-order valence-corrected chi connectivity index (χ3v) is 2.96. The zero-order chi connectivity index (χ0) is 12.8. The monoisotopic (exact) mass is 256 g/mol. The lowest BCUT2D eigenvalue weighted by Gasteiger charge is -2.26. The summed E-state index contributed by atoms with van der Waals surface area (Å²) in [5.41, 5.74) is 1.04. The fraction of sp³-hybridized carbons (Fsp3) is 0.571. The van der Waals surface area contributed by atoms with Crippen molar-refractivity contribution in [3.05, 3.63) is 34.9 Å². The highest BCUT2D eigenvalue weighted by Crippen LogP contribution is 2.17. The zero-order valence-electron chi connectivity index (χ0n) is 10.7. The maximum Gasteiger partial charge on any atom is 0.0859 e. The highest BCUT2D eigenvalue weighted by molar-refractivity contribution is 6.30. The first-order chi connectivity index (χ1) is 8.04. The summed E-state index contributed by atoms with van der Waals surface area (Å²) in [6.07, 6.45) is -0.0453. The first-order valence-electron chi connectivity index (χ1n) is 6.08. The maximum absolute atomic E-state index is 10.2. The Balaban J connectivity index is 2.66. The van der Waals surface area contributed by atoms with Gasteiger partial charge in [0.25, 0.3) is 0 Å². The Morgan fingerprint density at radius 1 is 1.35 bits per heavy atom. The number of hydrogen-bond donors (Lipinski definition) is 1. The Bertz CT molecular complexity index is 339. The molecule has 0 aromatic heterocycles. The Hall–Kier alpha value is -0.570. The minimum absolute atomic E-state index is 0.126. The minimum atomic E-state index is -0.492. The van der Waals surface area contributed by atoms with Crippen LogP contribution in [0.1, 0.15) is 26.3 Å². The van der Waals surface area contributed by atoms with Crippen LogP contribution in [-0.4, -0.2) is 23.9 Å². The summed E-state index contributed by atoms with van der Waals surface area (Å²) in [5, 5.41) is 10.9. The van der Waals surface area contributed by atoms with Gasteiger partial charge in [0.15, 0.2) is 0 Å². The molecule has 96 valence electrons. The molecule has 1 rings (SSSR count). The van der Waals surface area contributed by atoms with E-state index in [2.05, 4.69) is 13.8 Å². The van der Waals surface area contributed by atoms with Gasteiger partial charge in [-0.1, -0.05) is 37.6 Å². The molecule has 0 heterocycles. The van der Waals surface area contributed by atoms with Crippen molar-refractivity contribution in [2.45, 2.75) is 39.4 Å². The van der Waals surface area contributed by atoms with E-state index >= 15 is 0 Å². The van der Waals surface area contributed by atoms with E-state index < -0.39 is 6.10 Å². The lowest BCUT2D eigenvalue weighted by Crippen LogP contribution is -2.35. The van der Waals surface area contributed by atoms with Gasteiger partial charge in [0.2, 0.25) is 0 Å². The third kappa shape index (κ3) is 4.66. The summed E-state index contributed by atoms with van der Waals surface area (Å²) in [4.78, 5) is 0. The molecule has 2 atom stereocenters. The van der Waals surface area contributed by atoms with Gasteiger partial charge in [-0.25, -0.2) is 0 Å².